The second-order valence-corrected chi connectivity index (χ2v) is 7.94. The van der Waals surface area contributed by atoms with Gasteiger partial charge in [-0.05, 0) is 95.4 Å². The lowest BCUT2D eigenvalue weighted by Gasteiger charge is -2.11. The summed E-state index contributed by atoms with van der Waals surface area (Å²) in [7, 11) is 2.99. The van der Waals surface area contributed by atoms with Crippen molar-refractivity contribution in [3.05, 3.63) is 54.7 Å². The highest BCUT2D eigenvalue weighted by atomic mass is 127. The SMILES string of the molecule is COc1ccc(I)cc1C(=O)O.COc1ccc(I)cc1C(=O)OC(C)C. The van der Waals surface area contributed by atoms with Gasteiger partial charge in [-0.3, -0.25) is 0 Å². The summed E-state index contributed by atoms with van der Waals surface area (Å²) in [5.41, 5.74) is 0.669. The third-order valence-electron chi connectivity index (χ3n) is 3.12. The van der Waals surface area contributed by atoms with E-state index in [9.17, 15) is 9.59 Å². The molecule has 27 heavy (non-hydrogen) atoms. The number of carbonyl (C=O) groups excluding carboxylic acids is 1. The molecular weight excluding hydrogens is 578 g/mol. The van der Waals surface area contributed by atoms with Crippen LogP contribution >= 0.6 is 45.2 Å². The molecule has 2 aromatic carbocycles. The van der Waals surface area contributed by atoms with Crippen LogP contribution < -0.4 is 9.47 Å². The van der Waals surface area contributed by atoms with Gasteiger partial charge in [-0.15, -0.1) is 0 Å². The van der Waals surface area contributed by atoms with E-state index in [0.717, 1.165) is 7.14 Å². The van der Waals surface area contributed by atoms with E-state index in [1.165, 1.54) is 14.2 Å². The van der Waals surface area contributed by atoms with Crippen LogP contribution in [0.1, 0.15) is 34.6 Å². The fourth-order valence-electron chi connectivity index (χ4n) is 1.96. The van der Waals surface area contributed by atoms with Crippen molar-refractivity contribution < 1.29 is 28.9 Å². The van der Waals surface area contributed by atoms with Gasteiger partial charge in [0, 0.05) is 7.14 Å². The Labute approximate surface area is 185 Å². The molecule has 8 heteroatoms. The molecule has 1 N–H and O–H groups in total. The molecule has 0 bridgehead atoms. The number of hydrogen-bond acceptors (Lipinski definition) is 5. The van der Waals surface area contributed by atoms with Gasteiger partial charge in [0.25, 0.3) is 0 Å². The van der Waals surface area contributed by atoms with Crippen molar-refractivity contribution in [1.82, 2.24) is 0 Å². The summed E-state index contributed by atoms with van der Waals surface area (Å²) in [6, 6.07) is 10.4. The van der Waals surface area contributed by atoms with Crippen molar-refractivity contribution in [3.63, 3.8) is 0 Å². The van der Waals surface area contributed by atoms with E-state index in [4.69, 9.17) is 19.3 Å². The Morgan fingerprint density at radius 1 is 0.889 bits per heavy atom. The topological polar surface area (TPSA) is 82.1 Å². The number of carbonyl (C=O) groups is 2. The quantitative estimate of drug-likeness (QED) is 0.391. The van der Waals surface area contributed by atoms with E-state index in [1.54, 1.807) is 30.3 Å². The smallest absolute Gasteiger partial charge is 0.342 e. The average Bonchev–Trinajstić information content (AvgIpc) is 2.61. The molecule has 0 spiro atoms. The normalized spacial score (nSPS) is 9.89. The zero-order valence-electron chi connectivity index (χ0n) is 15.3. The standard InChI is InChI=1S/C11H13IO3.C8H7IO3/c1-7(2)15-11(13)9-6-8(12)4-5-10(9)14-3;1-12-7-3-2-5(9)4-6(7)8(10)11/h4-7H,1-3H3;2-4H,1H3,(H,10,11). The van der Waals surface area contributed by atoms with E-state index in [-0.39, 0.29) is 17.6 Å². The minimum absolute atomic E-state index is 0.125. The molecule has 0 aromatic heterocycles. The number of carboxylic acid groups (broad SMARTS) is 1. The minimum Gasteiger partial charge on any atom is -0.496 e. The molecule has 2 rings (SSSR count). The maximum absolute atomic E-state index is 11.7. The summed E-state index contributed by atoms with van der Waals surface area (Å²) >= 11 is 4.20. The third kappa shape index (κ3) is 7.53. The Morgan fingerprint density at radius 3 is 1.74 bits per heavy atom. The highest BCUT2D eigenvalue weighted by molar-refractivity contribution is 14.1. The van der Waals surface area contributed by atoms with Crippen LogP contribution in [-0.4, -0.2) is 37.4 Å². The fourth-order valence-corrected chi connectivity index (χ4v) is 2.95. The molecule has 2 aromatic rings. The van der Waals surface area contributed by atoms with Crippen LogP contribution in [0, 0.1) is 7.14 Å². The number of aromatic carboxylic acids is 1. The van der Waals surface area contributed by atoms with Gasteiger partial charge in [-0.1, -0.05) is 0 Å². The van der Waals surface area contributed by atoms with Crippen molar-refractivity contribution in [2.75, 3.05) is 14.2 Å². The number of halogens is 2. The number of benzene rings is 2. The Hall–Kier alpha value is -1.56. The van der Waals surface area contributed by atoms with Gasteiger partial charge in [0.2, 0.25) is 0 Å². The highest BCUT2D eigenvalue weighted by Crippen LogP contribution is 2.22. The molecule has 0 atom stereocenters. The molecule has 0 amide bonds. The van der Waals surface area contributed by atoms with Crippen LogP contribution in [0.25, 0.3) is 0 Å². The van der Waals surface area contributed by atoms with Crippen LogP contribution in [0.5, 0.6) is 11.5 Å². The van der Waals surface area contributed by atoms with Gasteiger partial charge in [-0.2, -0.15) is 0 Å². The molecule has 0 fully saturated rings. The van der Waals surface area contributed by atoms with E-state index < -0.39 is 5.97 Å². The lowest BCUT2D eigenvalue weighted by molar-refractivity contribution is 0.0374. The van der Waals surface area contributed by atoms with Gasteiger partial charge in [-0.25, -0.2) is 9.59 Å². The van der Waals surface area contributed by atoms with Crippen molar-refractivity contribution >= 4 is 57.1 Å². The van der Waals surface area contributed by atoms with Gasteiger partial charge in [0.1, 0.15) is 22.6 Å². The molecule has 0 aliphatic carbocycles. The number of ether oxygens (including phenoxy) is 3. The first-order valence-corrected chi connectivity index (χ1v) is 9.96. The van der Waals surface area contributed by atoms with Gasteiger partial charge in [0.05, 0.1) is 20.3 Å². The molecule has 0 saturated heterocycles. The van der Waals surface area contributed by atoms with Crippen LogP contribution in [0.4, 0.5) is 0 Å². The molecule has 6 nitrogen and oxygen atoms in total. The molecule has 0 heterocycles. The summed E-state index contributed by atoms with van der Waals surface area (Å²) in [6.07, 6.45) is -0.125. The van der Waals surface area contributed by atoms with E-state index >= 15 is 0 Å². The highest BCUT2D eigenvalue weighted by Gasteiger charge is 2.15. The van der Waals surface area contributed by atoms with Crippen LogP contribution in [0.3, 0.4) is 0 Å². The summed E-state index contributed by atoms with van der Waals surface area (Å²) in [6.45, 7) is 3.64. The average molecular weight is 598 g/mol. The second-order valence-electron chi connectivity index (χ2n) is 5.45. The lowest BCUT2D eigenvalue weighted by atomic mass is 10.2. The number of rotatable bonds is 5. The van der Waals surface area contributed by atoms with Crippen LogP contribution in [-0.2, 0) is 4.74 Å². The van der Waals surface area contributed by atoms with E-state index in [1.807, 2.05) is 19.9 Å². The van der Waals surface area contributed by atoms with Crippen molar-refractivity contribution in [2.24, 2.45) is 0 Å². The molecular formula is C19H20I2O6. The predicted molar refractivity (Wildman–Crippen MR) is 119 cm³/mol. The van der Waals surface area contributed by atoms with Gasteiger partial charge < -0.3 is 19.3 Å². The first-order valence-electron chi connectivity index (χ1n) is 7.81. The maximum atomic E-state index is 11.7. The Balaban J connectivity index is 0.000000277. The maximum Gasteiger partial charge on any atom is 0.342 e. The van der Waals surface area contributed by atoms with Crippen LogP contribution in [0.15, 0.2) is 36.4 Å². The van der Waals surface area contributed by atoms with Crippen LogP contribution in [0.2, 0.25) is 0 Å². The largest absolute Gasteiger partial charge is 0.496 e. The minimum atomic E-state index is -0.967. The van der Waals surface area contributed by atoms with E-state index in [2.05, 4.69) is 45.2 Å². The van der Waals surface area contributed by atoms with Gasteiger partial charge >= 0.3 is 11.9 Å². The Kier molecular flexibility index (Phi) is 9.84. The molecule has 0 aliphatic heterocycles. The van der Waals surface area contributed by atoms with Crippen molar-refractivity contribution in [2.45, 2.75) is 20.0 Å². The third-order valence-corrected chi connectivity index (χ3v) is 4.46. The summed E-state index contributed by atoms with van der Waals surface area (Å²) in [5.74, 6) is -0.380. The summed E-state index contributed by atoms with van der Waals surface area (Å²) < 4.78 is 16.9. The zero-order chi connectivity index (χ0) is 20.6. The van der Waals surface area contributed by atoms with Crippen molar-refractivity contribution in [3.8, 4) is 11.5 Å². The van der Waals surface area contributed by atoms with Crippen molar-refractivity contribution in [1.29, 1.82) is 0 Å². The fraction of sp³-hybridized carbons (Fsp3) is 0.263. The Bertz CT molecular complexity index is 805. The number of carboxylic acids is 1. The first-order chi connectivity index (χ1) is 12.7. The number of methoxy groups -OCH3 is 2. The predicted octanol–water partition coefficient (Wildman–Crippen LogP) is 4.86. The Morgan fingerprint density at radius 2 is 1.33 bits per heavy atom. The molecule has 0 aliphatic rings. The first kappa shape index (κ1) is 23.5. The van der Waals surface area contributed by atoms with E-state index in [0.29, 0.717) is 17.1 Å². The number of esters is 1. The second kappa shape index (κ2) is 11.3. The zero-order valence-corrected chi connectivity index (χ0v) is 19.6. The summed E-state index contributed by atoms with van der Waals surface area (Å²) in [5, 5.41) is 8.74. The summed E-state index contributed by atoms with van der Waals surface area (Å²) in [4.78, 5) is 22.3. The molecule has 0 saturated carbocycles. The number of hydrogen-bond donors (Lipinski definition) is 1. The molecule has 146 valence electrons. The molecule has 0 radical (unpaired) electrons. The molecule has 0 unspecified atom stereocenters. The lowest BCUT2D eigenvalue weighted by Crippen LogP contribution is -2.12. The monoisotopic (exact) mass is 598 g/mol. The van der Waals surface area contributed by atoms with Gasteiger partial charge in [0.15, 0.2) is 0 Å².